The summed E-state index contributed by atoms with van der Waals surface area (Å²) in [4.78, 5) is 6.66. The Morgan fingerprint density at radius 3 is 2.45 bits per heavy atom. The number of rotatable bonds is 7. The van der Waals surface area contributed by atoms with Gasteiger partial charge in [-0.05, 0) is 38.5 Å². The molecular weight excluding hydrogens is 415 g/mol. The van der Waals surface area contributed by atoms with E-state index in [1.54, 1.807) is 0 Å². The monoisotopic (exact) mass is 444 g/mol. The van der Waals surface area contributed by atoms with Crippen molar-refractivity contribution in [3.05, 3.63) is 0 Å². The Balaban J connectivity index is 0.00000242. The average molecular weight is 444 g/mol. The Morgan fingerprint density at radius 2 is 1.91 bits per heavy atom. The van der Waals surface area contributed by atoms with Crippen LogP contribution in [0, 0.1) is 5.92 Å². The van der Waals surface area contributed by atoms with E-state index in [-0.39, 0.29) is 29.7 Å². The third-order valence-electron chi connectivity index (χ3n) is 4.18. The van der Waals surface area contributed by atoms with Crippen LogP contribution in [0.2, 0.25) is 0 Å². The van der Waals surface area contributed by atoms with Crippen molar-refractivity contribution in [2.75, 3.05) is 38.5 Å². The largest absolute Gasteiger partial charge is 0.357 e. The Bertz CT molecular complexity index is 446. The van der Waals surface area contributed by atoms with Crippen LogP contribution in [0.4, 0.5) is 0 Å². The van der Waals surface area contributed by atoms with E-state index in [1.807, 2.05) is 6.92 Å². The van der Waals surface area contributed by atoms with Crippen LogP contribution in [0.1, 0.15) is 39.0 Å². The zero-order chi connectivity index (χ0) is 15.1. The second kappa shape index (κ2) is 9.92. The first kappa shape index (κ1) is 20.0. The van der Waals surface area contributed by atoms with E-state index in [0.717, 1.165) is 38.4 Å². The molecule has 1 aliphatic carbocycles. The molecule has 0 unspecified atom stereocenters. The van der Waals surface area contributed by atoms with Gasteiger partial charge in [-0.1, -0.05) is 6.42 Å². The van der Waals surface area contributed by atoms with Crippen molar-refractivity contribution in [3.63, 3.8) is 0 Å². The standard InChI is InChI=1S/C14H28N4O2S.HI/c1-2-15-14(18-9-3-4-10-18)16-8-11-21(19,20)17-12-13-6-5-7-13;/h13,17H,2-12H2,1H3,(H,15,16);1H. The van der Waals surface area contributed by atoms with Crippen LogP contribution in [0.15, 0.2) is 4.99 Å². The van der Waals surface area contributed by atoms with E-state index in [0.29, 0.717) is 19.0 Å². The first-order chi connectivity index (χ1) is 10.1. The van der Waals surface area contributed by atoms with Gasteiger partial charge in [-0.3, -0.25) is 4.99 Å². The lowest BCUT2D eigenvalue weighted by Crippen LogP contribution is -2.40. The molecule has 1 saturated heterocycles. The molecule has 1 saturated carbocycles. The summed E-state index contributed by atoms with van der Waals surface area (Å²) in [6.45, 7) is 5.78. The molecule has 0 spiro atoms. The molecule has 2 rings (SSSR count). The van der Waals surface area contributed by atoms with Crippen LogP contribution in [-0.2, 0) is 10.0 Å². The molecule has 0 aromatic heterocycles. The van der Waals surface area contributed by atoms with Crippen molar-refractivity contribution in [2.24, 2.45) is 10.9 Å². The van der Waals surface area contributed by atoms with Gasteiger partial charge in [0.25, 0.3) is 0 Å². The Morgan fingerprint density at radius 1 is 1.23 bits per heavy atom. The predicted octanol–water partition coefficient (Wildman–Crippen LogP) is 1.39. The highest BCUT2D eigenvalue weighted by Crippen LogP contribution is 2.25. The molecule has 130 valence electrons. The van der Waals surface area contributed by atoms with Crippen molar-refractivity contribution in [2.45, 2.75) is 39.0 Å². The van der Waals surface area contributed by atoms with E-state index < -0.39 is 10.0 Å². The van der Waals surface area contributed by atoms with E-state index in [4.69, 9.17) is 0 Å². The molecule has 0 radical (unpaired) electrons. The summed E-state index contributed by atoms with van der Waals surface area (Å²) in [5.74, 6) is 1.47. The van der Waals surface area contributed by atoms with Crippen molar-refractivity contribution in [3.8, 4) is 0 Å². The van der Waals surface area contributed by atoms with Crippen LogP contribution in [0.5, 0.6) is 0 Å². The third-order valence-corrected chi connectivity index (χ3v) is 5.51. The van der Waals surface area contributed by atoms with E-state index in [2.05, 4.69) is 19.9 Å². The van der Waals surface area contributed by atoms with Gasteiger partial charge < -0.3 is 10.2 Å². The molecule has 22 heavy (non-hydrogen) atoms. The van der Waals surface area contributed by atoms with Gasteiger partial charge >= 0.3 is 0 Å². The maximum atomic E-state index is 11.9. The molecule has 0 aromatic carbocycles. The molecule has 0 bridgehead atoms. The normalized spacial score (nSPS) is 19.7. The van der Waals surface area contributed by atoms with Gasteiger partial charge in [0.15, 0.2) is 5.96 Å². The second-order valence-corrected chi connectivity index (χ2v) is 7.82. The summed E-state index contributed by atoms with van der Waals surface area (Å²) in [6.07, 6.45) is 5.91. The summed E-state index contributed by atoms with van der Waals surface area (Å²) in [5.41, 5.74) is 0. The number of nitrogens with zero attached hydrogens (tertiary/aromatic N) is 2. The van der Waals surface area contributed by atoms with Crippen LogP contribution in [0.3, 0.4) is 0 Å². The first-order valence-corrected chi connectivity index (χ1v) is 9.76. The van der Waals surface area contributed by atoms with Crippen molar-refractivity contribution < 1.29 is 8.42 Å². The van der Waals surface area contributed by atoms with E-state index in [1.165, 1.54) is 19.3 Å². The highest BCUT2D eigenvalue weighted by atomic mass is 127. The minimum absolute atomic E-state index is 0. The predicted molar refractivity (Wildman–Crippen MR) is 101 cm³/mol. The zero-order valence-electron chi connectivity index (χ0n) is 13.4. The molecule has 2 N–H and O–H groups in total. The minimum Gasteiger partial charge on any atom is -0.357 e. The fourth-order valence-electron chi connectivity index (χ4n) is 2.64. The summed E-state index contributed by atoms with van der Waals surface area (Å²) in [7, 11) is -3.19. The first-order valence-electron chi connectivity index (χ1n) is 8.11. The van der Waals surface area contributed by atoms with Crippen LogP contribution in [0.25, 0.3) is 0 Å². The van der Waals surface area contributed by atoms with Gasteiger partial charge in [0.05, 0.1) is 12.3 Å². The lowest BCUT2D eigenvalue weighted by Gasteiger charge is -2.25. The maximum absolute atomic E-state index is 11.9. The average Bonchev–Trinajstić information content (AvgIpc) is 2.89. The third kappa shape index (κ3) is 6.57. The Kier molecular flexibility index (Phi) is 9.00. The summed E-state index contributed by atoms with van der Waals surface area (Å²) < 4.78 is 26.5. The lowest BCUT2D eigenvalue weighted by atomic mass is 9.86. The van der Waals surface area contributed by atoms with Gasteiger partial charge in [0.1, 0.15) is 0 Å². The quantitative estimate of drug-likeness (QED) is 0.354. The maximum Gasteiger partial charge on any atom is 0.213 e. The molecule has 0 amide bonds. The van der Waals surface area contributed by atoms with Crippen LogP contribution < -0.4 is 10.0 Å². The lowest BCUT2D eigenvalue weighted by molar-refractivity contribution is 0.316. The number of likely N-dealkylation sites (tertiary alicyclic amines) is 1. The summed E-state index contributed by atoms with van der Waals surface area (Å²) in [5, 5.41) is 3.24. The summed E-state index contributed by atoms with van der Waals surface area (Å²) >= 11 is 0. The molecule has 2 aliphatic rings. The van der Waals surface area contributed by atoms with Gasteiger partial charge in [0.2, 0.25) is 10.0 Å². The Hall–Kier alpha value is -0.0900. The number of nitrogens with one attached hydrogen (secondary N) is 2. The van der Waals surface area contributed by atoms with Gasteiger partial charge in [0, 0.05) is 26.2 Å². The van der Waals surface area contributed by atoms with Gasteiger partial charge in [-0.15, -0.1) is 24.0 Å². The summed E-state index contributed by atoms with van der Waals surface area (Å²) in [6, 6.07) is 0. The van der Waals surface area contributed by atoms with Crippen LogP contribution in [-0.4, -0.2) is 57.8 Å². The number of hydrogen-bond acceptors (Lipinski definition) is 3. The SMILES string of the molecule is CCNC(=NCCS(=O)(=O)NCC1CCC1)N1CCCC1.I. The fourth-order valence-corrected chi connectivity index (χ4v) is 3.61. The molecule has 8 heteroatoms. The number of guanidine groups is 1. The number of aliphatic imine (C=N–C) groups is 1. The zero-order valence-corrected chi connectivity index (χ0v) is 16.5. The minimum atomic E-state index is -3.19. The van der Waals surface area contributed by atoms with Gasteiger partial charge in [-0.2, -0.15) is 0 Å². The smallest absolute Gasteiger partial charge is 0.213 e. The molecule has 2 fully saturated rings. The highest BCUT2D eigenvalue weighted by molar-refractivity contribution is 14.0. The van der Waals surface area contributed by atoms with Crippen molar-refractivity contribution >= 4 is 40.0 Å². The van der Waals surface area contributed by atoms with Gasteiger partial charge in [-0.25, -0.2) is 13.1 Å². The molecule has 1 aliphatic heterocycles. The number of hydrogen-bond donors (Lipinski definition) is 2. The molecule has 1 heterocycles. The number of halogens is 1. The van der Waals surface area contributed by atoms with E-state index >= 15 is 0 Å². The van der Waals surface area contributed by atoms with E-state index in [9.17, 15) is 8.42 Å². The van der Waals surface area contributed by atoms with Crippen molar-refractivity contribution in [1.82, 2.24) is 14.9 Å². The Labute approximate surface area is 151 Å². The highest BCUT2D eigenvalue weighted by Gasteiger charge is 2.20. The second-order valence-electron chi connectivity index (χ2n) is 5.89. The fraction of sp³-hybridized carbons (Fsp3) is 0.929. The van der Waals surface area contributed by atoms with Crippen LogP contribution >= 0.6 is 24.0 Å². The molecule has 6 nitrogen and oxygen atoms in total. The molecular formula is C14H29IN4O2S. The topological polar surface area (TPSA) is 73.8 Å². The number of sulfonamides is 1. The molecule has 0 atom stereocenters. The molecule has 0 aromatic rings. The van der Waals surface area contributed by atoms with Crippen molar-refractivity contribution in [1.29, 1.82) is 0 Å².